The average molecular weight is 511 g/mol. The van der Waals surface area contributed by atoms with Gasteiger partial charge in [-0.2, -0.15) is 0 Å². The zero-order chi connectivity index (χ0) is 27.5. The molecule has 13 nitrogen and oxygen atoms in total. The first kappa shape index (κ1) is 28.2. The highest BCUT2D eigenvalue weighted by atomic mass is 16.6. The fraction of sp³-hybridized carbons (Fsp3) is 0.208. The highest BCUT2D eigenvalue weighted by Gasteiger charge is 2.42. The number of esters is 1. The van der Waals surface area contributed by atoms with Gasteiger partial charge in [0.05, 0.1) is 5.57 Å². The van der Waals surface area contributed by atoms with E-state index in [0.717, 1.165) is 32.9 Å². The molecule has 2 heterocycles. The highest BCUT2D eigenvalue weighted by molar-refractivity contribution is 5.97. The Morgan fingerprint density at radius 2 is 1.19 bits per heavy atom. The molecule has 1 aromatic rings. The molecular weight excluding hydrogens is 484 g/mol. The van der Waals surface area contributed by atoms with Crippen molar-refractivity contribution in [3.8, 4) is 18.0 Å². The Balaban J connectivity index is 2.42. The van der Waals surface area contributed by atoms with Gasteiger partial charge in [0.2, 0.25) is 17.7 Å². The van der Waals surface area contributed by atoms with E-state index < -0.39 is 35.9 Å². The molecule has 1 aliphatic heterocycles. The summed E-state index contributed by atoms with van der Waals surface area (Å²) < 4.78 is 15.8. The summed E-state index contributed by atoms with van der Waals surface area (Å²) in [5, 5.41) is 0. The lowest BCUT2D eigenvalue weighted by molar-refractivity contribution is -0.160. The van der Waals surface area contributed by atoms with Gasteiger partial charge in [-0.25, -0.2) is 4.79 Å². The zero-order valence-corrected chi connectivity index (χ0v) is 20.1. The number of ether oxygens (including phenoxy) is 3. The Labute approximate surface area is 213 Å². The number of hydrogen-bond donors (Lipinski definition) is 0. The van der Waals surface area contributed by atoms with Crippen LogP contribution in [0.3, 0.4) is 0 Å². The van der Waals surface area contributed by atoms with Crippen LogP contribution in [-0.4, -0.2) is 86.1 Å². The molecule has 13 heteroatoms. The summed E-state index contributed by atoms with van der Waals surface area (Å²) in [5.41, 5.74) is -0.348. The standard InChI is InChI=1S/C24H26N6O7/c1-7-12-35-22-25-23(36-13-8-2)27-24(26-22)37-21(34)16(6)20-29(18(32)10-4)14-28(17(31)9-3)15-30(20)19(33)11-5/h7-11,20H,1-6,12-15H2. The van der Waals surface area contributed by atoms with Crippen molar-refractivity contribution in [1.29, 1.82) is 0 Å². The van der Waals surface area contributed by atoms with Gasteiger partial charge < -0.3 is 19.1 Å². The number of carbonyl (C=O) groups is 4. The van der Waals surface area contributed by atoms with Gasteiger partial charge in [0.15, 0.2) is 0 Å². The van der Waals surface area contributed by atoms with Gasteiger partial charge in [-0.15, -0.1) is 15.0 Å². The molecule has 0 spiro atoms. The SMILES string of the molecule is C=CCOc1nc(OCC=C)nc(OC(=O)C(=C)C2N(C(=O)C=C)CN(C(=O)C=C)CN2C(=O)C=C)n1. The summed E-state index contributed by atoms with van der Waals surface area (Å²) in [5.74, 6) is -3.03. The Kier molecular flexibility index (Phi) is 10.00. The molecule has 0 radical (unpaired) electrons. The maximum absolute atomic E-state index is 13.1. The van der Waals surface area contributed by atoms with E-state index in [9.17, 15) is 19.2 Å². The molecule has 0 aromatic carbocycles. The van der Waals surface area contributed by atoms with Crippen LogP contribution >= 0.6 is 0 Å². The van der Waals surface area contributed by atoms with Crippen molar-refractivity contribution in [3.05, 3.63) is 75.4 Å². The van der Waals surface area contributed by atoms with Crippen LogP contribution < -0.4 is 14.2 Å². The summed E-state index contributed by atoms with van der Waals surface area (Å²) in [6, 6.07) is -0.933. The van der Waals surface area contributed by atoms with Gasteiger partial charge in [-0.1, -0.05) is 51.6 Å². The van der Waals surface area contributed by atoms with Crippen molar-refractivity contribution in [2.45, 2.75) is 6.17 Å². The minimum absolute atomic E-state index is 0.0459. The molecule has 3 amide bonds. The summed E-state index contributed by atoms with van der Waals surface area (Å²) >= 11 is 0. The summed E-state index contributed by atoms with van der Waals surface area (Å²) in [6.45, 7) is 20.6. The minimum atomic E-state index is -1.35. The highest BCUT2D eigenvalue weighted by Crippen LogP contribution is 2.24. The Morgan fingerprint density at radius 1 is 0.757 bits per heavy atom. The normalized spacial score (nSPS) is 13.1. The van der Waals surface area contributed by atoms with E-state index in [4.69, 9.17) is 14.2 Å². The maximum atomic E-state index is 13.1. The van der Waals surface area contributed by atoms with Crippen LogP contribution in [0.25, 0.3) is 0 Å². The zero-order valence-electron chi connectivity index (χ0n) is 20.1. The number of carbonyl (C=O) groups excluding carboxylic acids is 4. The van der Waals surface area contributed by atoms with Crippen molar-refractivity contribution in [2.24, 2.45) is 0 Å². The Hall–Kier alpha value is -5.07. The van der Waals surface area contributed by atoms with Gasteiger partial charge in [-0.3, -0.25) is 24.2 Å². The third-order valence-corrected chi connectivity index (χ3v) is 4.63. The summed E-state index contributed by atoms with van der Waals surface area (Å²) in [6.07, 6.45) is 4.48. The number of hydrogen-bond acceptors (Lipinski definition) is 10. The lowest BCUT2D eigenvalue weighted by Gasteiger charge is -2.47. The van der Waals surface area contributed by atoms with E-state index in [0.29, 0.717) is 0 Å². The van der Waals surface area contributed by atoms with Crippen LogP contribution in [0.4, 0.5) is 0 Å². The van der Waals surface area contributed by atoms with Crippen molar-refractivity contribution >= 4 is 23.7 Å². The minimum Gasteiger partial charge on any atom is -0.459 e. The first-order valence-electron chi connectivity index (χ1n) is 10.6. The third-order valence-electron chi connectivity index (χ3n) is 4.63. The van der Waals surface area contributed by atoms with Crippen molar-refractivity contribution in [1.82, 2.24) is 29.7 Å². The van der Waals surface area contributed by atoms with Gasteiger partial charge >= 0.3 is 24.0 Å². The first-order chi connectivity index (χ1) is 17.7. The van der Waals surface area contributed by atoms with E-state index in [-0.39, 0.29) is 44.1 Å². The quantitative estimate of drug-likeness (QED) is 0.224. The fourth-order valence-electron chi connectivity index (χ4n) is 3.01. The molecule has 37 heavy (non-hydrogen) atoms. The third kappa shape index (κ3) is 6.97. The van der Waals surface area contributed by atoms with Crippen LogP contribution in [0.1, 0.15) is 0 Å². The van der Waals surface area contributed by atoms with E-state index in [1.165, 1.54) is 12.2 Å². The first-order valence-corrected chi connectivity index (χ1v) is 10.6. The molecule has 0 bridgehead atoms. The average Bonchev–Trinajstić information content (AvgIpc) is 2.92. The number of nitrogens with zero attached hydrogens (tertiary/aromatic N) is 6. The van der Waals surface area contributed by atoms with Crippen LogP contribution in [0.5, 0.6) is 18.0 Å². The second kappa shape index (κ2) is 13.1. The van der Waals surface area contributed by atoms with Crippen LogP contribution in [0.2, 0.25) is 0 Å². The van der Waals surface area contributed by atoms with Crippen LogP contribution in [-0.2, 0) is 19.2 Å². The van der Waals surface area contributed by atoms with Crippen molar-refractivity contribution < 1.29 is 33.4 Å². The van der Waals surface area contributed by atoms with Crippen molar-refractivity contribution in [2.75, 3.05) is 26.6 Å². The maximum Gasteiger partial charge on any atom is 0.345 e. The molecule has 1 fully saturated rings. The topological polar surface area (TPSA) is 144 Å². The number of aromatic nitrogens is 3. The van der Waals surface area contributed by atoms with E-state index in [2.05, 4.69) is 54.4 Å². The largest absolute Gasteiger partial charge is 0.459 e. The molecule has 194 valence electrons. The van der Waals surface area contributed by atoms with Gasteiger partial charge in [-0.05, 0) is 18.2 Å². The summed E-state index contributed by atoms with van der Waals surface area (Å²) in [4.78, 5) is 65.6. The molecule has 1 saturated heterocycles. The van der Waals surface area contributed by atoms with E-state index in [1.54, 1.807) is 0 Å². The molecule has 1 aliphatic rings. The van der Waals surface area contributed by atoms with Gasteiger partial charge in [0.1, 0.15) is 32.7 Å². The Morgan fingerprint density at radius 3 is 1.59 bits per heavy atom. The second-order valence-corrected chi connectivity index (χ2v) is 7.06. The van der Waals surface area contributed by atoms with Gasteiger partial charge in [0, 0.05) is 0 Å². The predicted molar refractivity (Wildman–Crippen MR) is 131 cm³/mol. The molecule has 0 saturated carbocycles. The summed E-state index contributed by atoms with van der Waals surface area (Å²) in [7, 11) is 0. The van der Waals surface area contributed by atoms with Crippen LogP contribution in [0.15, 0.2) is 75.4 Å². The fourth-order valence-corrected chi connectivity index (χ4v) is 3.01. The lowest BCUT2D eigenvalue weighted by Crippen LogP contribution is -2.65. The van der Waals surface area contributed by atoms with Gasteiger partial charge in [0.25, 0.3) is 0 Å². The molecule has 0 atom stereocenters. The number of rotatable bonds is 12. The predicted octanol–water partition coefficient (Wildman–Crippen LogP) is 0.761. The Bertz CT molecular complexity index is 1090. The molecule has 1 aromatic heterocycles. The molecule has 0 aliphatic carbocycles. The molecule has 0 unspecified atom stereocenters. The van der Waals surface area contributed by atoms with E-state index in [1.807, 2.05) is 0 Å². The monoisotopic (exact) mass is 510 g/mol. The second-order valence-electron chi connectivity index (χ2n) is 7.06. The van der Waals surface area contributed by atoms with Crippen LogP contribution in [0, 0.1) is 0 Å². The molecular formula is C24H26N6O7. The number of amides is 3. The molecule has 0 N–H and O–H groups in total. The van der Waals surface area contributed by atoms with Crippen molar-refractivity contribution in [3.63, 3.8) is 0 Å². The smallest absolute Gasteiger partial charge is 0.345 e. The lowest BCUT2D eigenvalue weighted by atomic mass is 10.1. The molecule has 2 rings (SSSR count). The van der Waals surface area contributed by atoms with E-state index >= 15 is 0 Å².